The fourth-order valence-corrected chi connectivity index (χ4v) is 4.42. The Kier molecular flexibility index (Phi) is 3.25. The molecule has 3 rings (SSSR count). The van der Waals surface area contributed by atoms with Crippen molar-refractivity contribution in [3.8, 4) is 0 Å². The van der Waals surface area contributed by atoms with Crippen molar-refractivity contribution in [1.29, 1.82) is 0 Å². The number of nitrogens with zero attached hydrogens (tertiary/aromatic N) is 1. The van der Waals surface area contributed by atoms with Gasteiger partial charge in [0, 0.05) is 10.4 Å². The average molecular weight is 280 g/mol. The molecular weight excluding hydrogens is 260 g/mol. The summed E-state index contributed by atoms with van der Waals surface area (Å²) >= 11 is 1.65. The van der Waals surface area contributed by atoms with Crippen LogP contribution in [-0.4, -0.2) is 21.6 Å². The van der Waals surface area contributed by atoms with Gasteiger partial charge in [-0.1, -0.05) is 19.3 Å². The molecule has 0 spiro atoms. The lowest BCUT2D eigenvalue weighted by molar-refractivity contribution is -0.138. The minimum absolute atomic E-state index is 0.141. The number of thiazole rings is 1. The highest BCUT2D eigenvalue weighted by Gasteiger charge is 2.34. The molecule has 19 heavy (non-hydrogen) atoms. The zero-order chi connectivity index (χ0) is 13.5. The Balaban J connectivity index is 1.77. The van der Waals surface area contributed by atoms with Gasteiger partial charge in [0.05, 0.1) is 5.69 Å². The Labute approximate surface area is 117 Å². The zero-order valence-electron chi connectivity index (χ0n) is 11.2. The van der Waals surface area contributed by atoms with Crippen LogP contribution in [0.5, 0.6) is 0 Å². The van der Waals surface area contributed by atoms with E-state index in [9.17, 15) is 9.90 Å². The van der Waals surface area contributed by atoms with E-state index in [1.54, 1.807) is 11.3 Å². The normalized spacial score (nSPS) is 25.0. The number of aromatic nitrogens is 1. The topological polar surface area (TPSA) is 62.2 Å². The lowest BCUT2D eigenvalue weighted by Crippen LogP contribution is -2.36. The molecule has 1 heterocycles. The number of aryl methyl sites for hydroxylation is 1. The molecule has 0 radical (unpaired) electrons. The van der Waals surface area contributed by atoms with Gasteiger partial charge in [-0.3, -0.25) is 4.79 Å². The molecule has 0 saturated heterocycles. The first-order valence-corrected chi connectivity index (χ1v) is 7.90. The Morgan fingerprint density at radius 3 is 2.84 bits per heavy atom. The number of anilines is 1. The summed E-state index contributed by atoms with van der Waals surface area (Å²) in [5.74, 6) is -1.12. The molecule has 5 heteroatoms. The van der Waals surface area contributed by atoms with Crippen molar-refractivity contribution in [2.45, 2.75) is 63.3 Å². The highest BCUT2D eigenvalue weighted by molar-refractivity contribution is 7.15. The molecule has 1 aromatic rings. The van der Waals surface area contributed by atoms with Gasteiger partial charge in [-0.2, -0.15) is 0 Å². The molecule has 1 atom stereocenters. The molecule has 1 aromatic heterocycles. The summed E-state index contributed by atoms with van der Waals surface area (Å²) in [5, 5.41) is 13.7. The van der Waals surface area contributed by atoms with Gasteiger partial charge >= 0.3 is 5.97 Å². The van der Waals surface area contributed by atoms with Crippen LogP contribution >= 0.6 is 11.3 Å². The van der Waals surface area contributed by atoms with Crippen LogP contribution < -0.4 is 5.32 Å². The number of fused-ring (bicyclic) bond motifs is 1. The summed E-state index contributed by atoms with van der Waals surface area (Å²) in [4.78, 5) is 16.9. The van der Waals surface area contributed by atoms with Gasteiger partial charge in [0.2, 0.25) is 0 Å². The van der Waals surface area contributed by atoms with Gasteiger partial charge < -0.3 is 10.4 Å². The van der Waals surface area contributed by atoms with Crippen molar-refractivity contribution in [3.63, 3.8) is 0 Å². The van der Waals surface area contributed by atoms with Gasteiger partial charge in [0.25, 0.3) is 0 Å². The minimum Gasteiger partial charge on any atom is -0.481 e. The van der Waals surface area contributed by atoms with E-state index in [0.29, 0.717) is 6.42 Å². The maximum atomic E-state index is 11.2. The van der Waals surface area contributed by atoms with Crippen molar-refractivity contribution in [3.05, 3.63) is 10.6 Å². The fourth-order valence-electron chi connectivity index (χ4n) is 3.24. The Morgan fingerprint density at radius 2 is 2.16 bits per heavy atom. The maximum absolute atomic E-state index is 11.2. The van der Waals surface area contributed by atoms with E-state index in [1.165, 1.54) is 32.1 Å². The second-order valence-electron chi connectivity index (χ2n) is 6.00. The molecule has 0 aliphatic heterocycles. The number of aliphatic carboxylic acids is 1. The summed E-state index contributed by atoms with van der Waals surface area (Å²) in [6.07, 6.45) is 7.80. The third kappa shape index (κ3) is 2.48. The van der Waals surface area contributed by atoms with E-state index < -0.39 is 5.97 Å². The molecule has 0 bridgehead atoms. The Morgan fingerprint density at radius 1 is 1.42 bits per heavy atom. The van der Waals surface area contributed by atoms with Crippen LogP contribution in [0.4, 0.5) is 5.13 Å². The summed E-state index contributed by atoms with van der Waals surface area (Å²) in [6.45, 7) is 2.26. The first kappa shape index (κ1) is 12.9. The molecule has 0 aromatic carbocycles. The van der Waals surface area contributed by atoms with E-state index >= 15 is 0 Å². The summed E-state index contributed by atoms with van der Waals surface area (Å²) < 4.78 is 0. The van der Waals surface area contributed by atoms with Gasteiger partial charge in [-0.05, 0) is 32.6 Å². The summed E-state index contributed by atoms with van der Waals surface area (Å²) in [5.41, 5.74) is 0.946. The minimum atomic E-state index is -0.737. The van der Waals surface area contributed by atoms with E-state index in [1.807, 2.05) is 0 Å². The van der Waals surface area contributed by atoms with Crippen LogP contribution in [0, 0.1) is 0 Å². The number of carboxylic acids is 1. The maximum Gasteiger partial charge on any atom is 0.312 e. The van der Waals surface area contributed by atoms with Gasteiger partial charge in [0.1, 0.15) is 5.92 Å². The molecule has 1 saturated carbocycles. The highest BCUT2D eigenvalue weighted by Crippen LogP contribution is 2.40. The second-order valence-corrected chi connectivity index (χ2v) is 7.09. The lowest BCUT2D eigenvalue weighted by atomic mass is 9.83. The number of carboxylic acid groups (broad SMARTS) is 1. The van der Waals surface area contributed by atoms with Crippen LogP contribution in [-0.2, 0) is 11.2 Å². The van der Waals surface area contributed by atoms with Crippen LogP contribution in [0.3, 0.4) is 0 Å². The lowest BCUT2D eigenvalue weighted by Gasteiger charge is -2.34. The monoisotopic (exact) mass is 280 g/mol. The van der Waals surface area contributed by atoms with Crippen molar-refractivity contribution in [2.75, 3.05) is 5.32 Å². The van der Waals surface area contributed by atoms with Crippen LogP contribution in [0.1, 0.15) is 61.9 Å². The van der Waals surface area contributed by atoms with Gasteiger partial charge in [0.15, 0.2) is 5.13 Å². The van der Waals surface area contributed by atoms with E-state index in [2.05, 4.69) is 17.2 Å². The number of rotatable bonds is 3. The molecule has 4 nitrogen and oxygen atoms in total. The molecule has 1 fully saturated rings. The van der Waals surface area contributed by atoms with Gasteiger partial charge in [-0.25, -0.2) is 4.98 Å². The predicted octanol–water partition coefficient (Wildman–Crippen LogP) is 3.39. The first-order chi connectivity index (χ1) is 9.07. The standard InChI is InChI=1S/C14H20N2O2S/c1-14(7-3-2-4-8-14)16-13-15-11-9(12(17)18)5-6-10(11)19-13/h9H,2-8H2,1H3,(H,15,16)(H,17,18). The number of hydrogen-bond acceptors (Lipinski definition) is 4. The highest BCUT2D eigenvalue weighted by atomic mass is 32.1. The Hall–Kier alpha value is -1.10. The molecule has 1 unspecified atom stereocenters. The number of carbonyl (C=O) groups is 1. The number of hydrogen-bond donors (Lipinski definition) is 2. The van der Waals surface area contributed by atoms with Gasteiger partial charge in [-0.15, -0.1) is 11.3 Å². The molecular formula is C14H20N2O2S. The first-order valence-electron chi connectivity index (χ1n) is 7.08. The Bertz CT molecular complexity index is 492. The van der Waals surface area contributed by atoms with Crippen LogP contribution in [0.25, 0.3) is 0 Å². The molecule has 2 aliphatic rings. The van der Waals surface area contributed by atoms with Crippen LogP contribution in [0.2, 0.25) is 0 Å². The molecule has 2 N–H and O–H groups in total. The average Bonchev–Trinajstić information content (AvgIpc) is 2.88. The predicted molar refractivity (Wildman–Crippen MR) is 75.9 cm³/mol. The van der Waals surface area contributed by atoms with E-state index in [4.69, 9.17) is 0 Å². The third-order valence-corrected chi connectivity index (χ3v) is 5.43. The number of nitrogens with one attached hydrogen (secondary N) is 1. The van der Waals surface area contributed by atoms with Crippen molar-refractivity contribution < 1.29 is 9.90 Å². The molecule has 0 amide bonds. The summed E-state index contributed by atoms with van der Waals surface area (Å²) in [6, 6.07) is 0. The van der Waals surface area contributed by atoms with Crippen molar-refractivity contribution in [2.24, 2.45) is 0 Å². The van der Waals surface area contributed by atoms with Crippen molar-refractivity contribution in [1.82, 2.24) is 4.98 Å². The SMILES string of the molecule is CC1(Nc2nc3c(s2)CCC3C(=O)O)CCCCC1. The quantitative estimate of drug-likeness (QED) is 0.891. The zero-order valence-corrected chi connectivity index (χ0v) is 12.1. The largest absolute Gasteiger partial charge is 0.481 e. The van der Waals surface area contributed by atoms with E-state index in [-0.39, 0.29) is 11.5 Å². The summed E-state index contributed by atoms with van der Waals surface area (Å²) in [7, 11) is 0. The second kappa shape index (κ2) is 4.78. The smallest absolute Gasteiger partial charge is 0.312 e. The molecule has 104 valence electrons. The molecule has 2 aliphatic carbocycles. The fraction of sp³-hybridized carbons (Fsp3) is 0.714. The van der Waals surface area contributed by atoms with Crippen LogP contribution in [0.15, 0.2) is 0 Å². The van der Waals surface area contributed by atoms with Crippen molar-refractivity contribution >= 4 is 22.4 Å². The third-order valence-electron chi connectivity index (χ3n) is 4.38. The van der Waals surface area contributed by atoms with E-state index in [0.717, 1.165) is 22.1 Å².